The molecule has 0 spiro atoms. The molecule has 0 fully saturated rings. The van der Waals surface area contributed by atoms with Crippen LogP contribution in [0, 0.1) is 11.6 Å². The molecule has 1 aromatic heterocycles. The molecule has 100 valence electrons. The predicted molar refractivity (Wildman–Crippen MR) is 68.5 cm³/mol. The lowest BCUT2D eigenvalue weighted by atomic mass is 10.1. The minimum Gasteiger partial charge on any atom is -0.370 e. The van der Waals surface area contributed by atoms with Crippen LogP contribution < -0.4 is 11.1 Å². The highest BCUT2D eigenvalue weighted by molar-refractivity contribution is 5.33. The first kappa shape index (κ1) is 13.4. The molecule has 0 radical (unpaired) electrons. The van der Waals surface area contributed by atoms with E-state index >= 15 is 0 Å². The highest BCUT2D eigenvalue weighted by Gasteiger charge is 2.02. The van der Waals surface area contributed by atoms with E-state index in [1.807, 2.05) is 0 Å². The molecule has 1 heterocycles. The quantitative estimate of drug-likeness (QED) is 0.865. The van der Waals surface area contributed by atoms with Crippen LogP contribution in [-0.4, -0.2) is 16.5 Å². The average Bonchev–Trinajstić information content (AvgIpc) is 2.43. The third-order valence-electron chi connectivity index (χ3n) is 2.59. The lowest BCUT2D eigenvalue weighted by molar-refractivity contribution is 0.507. The van der Waals surface area contributed by atoms with Crippen molar-refractivity contribution >= 4 is 5.82 Å². The Labute approximate surface area is 109 Å². The SMILES string of the molecule is NCc1nccc(NCCc2ccc(F)c(F)c2)n1. The van der Waals surface area contributed by atoms with E-state index in [9.17, 15) is 8.78 Å². The average molecular weight is 264 g/mol. The van der Waals surface area contributed by atoms with Crippen LogP contribution in [0.25, 0.3) is 0 Å². The molecule has 2 aromatic rings. The monoisotopic (exact) mass is 264 g/mol. The van der Waals surface area contributed by atoms with Crippen molar-refractivity contribution in [3.8, 4) is 0 Å². The third kappa shape index (κ3) is 3.69. The Balaban J connectivity index is 1.90. The number of hydrogen-bond acceptors (Lipinski definition) is 4. The molecule has 0 atom stereocenters. The number of nitrogens with one attached hydrogen (secondary N) is 1. The van der Waals surface area contributed by atoms with Gasteiger partial charge in [-0.3, -0.25) is 0 Å². The van der Waals surface area contributed by atoms with Gasteiger partial charge in [0.1, 0.15) is 11.6 Å². The Bertz CT molecular complexity index is 560. The van der Waals surface area contributed by atoms with Crippen LogP contribution in [0.2, 0.25) is 0 Å². The molecule has 1 aromatic carbocycles. The minimum atomic E-state index is -0.833. The summed E-state index contributed by atoms with van der Waals surface area (Å²) in [6.07, 6.45) is 2.19. The second-order valence-corrected chi connectivity index (χ2v) is 3.99. The summed E-state index contributed by atoms with van der Waals surface area (Å²) in [5.74, 6) is -0.444. The van der Waals surface area contributed by atoms with E-state index in [1.165, 1.54) is 6.07 Å². The Morgan fingerprint density at radius 1 is 1.16 bits per heavy atom. The Morgan fingerprint density at radius 2 is 2.00 bits per heavy atom. The molecule has 3 N–H and O–H groups in total. The van der Waals surface area contributed by atoms with Crippen LogP contribution in [0.15, 0.2) is 30.5 Å². The van der Waals surface area contributed by atoms with Crippen LogP contribution in [0.3, 0.4) is 0 Å². The fourth-order valence-corrected chi connectivity index (χ4v) is 1.63. The first-order valence-electron chi connectivity index (χ1n) is 5.89. The van der Waals surface area contributed by atoms with Crippen LogP contribution in [0.5, 0.6) is 0 Å². The Morgan fingerprint density at radius 3 is 2.74 bits per heavy atom. The van der Waals surface area contributed by atoms with E-state index in [1.54, 1.807) is 18.3 Å². The van der Waals surface area contributed by atoms with Crippen molar-refractivity contribution in [3.05, 3.63) is 53.5 Å². The maximum absolute atomic E-state index is 13.0. The molecule has 4 nitrogen and oxygen atoms in total. The molecule has 2 rings (SSSR count). The summed E-state index contributed by atoms with van der Waals surface area (Å²) in [5.41, 5.74) is 6.16. The maximum atomic E-state index is 13.0. The Hall–Kier alpha value is -2.08. The molecule has 0 saturated carbocycles. The summed E-state index contributed by atoms with van der Waals surface area (Å²) in [4.78, 5) is 8.15. The maximum Gasteiger partial charge on any atom is 0.159 e. The standard InChI is InChI=1S/C13H14F2N4/c14-10-2-1-9(7-11(10)15)3-5-17-12-4-6-18-13(8-16)19-12/h1-2,4,6-7H,3,5,8,16H2,(H,17,18,19). The van der Waals surface area contributed by atoms with Gasteiger partial charge in [0, 0.05) is 12.7 Å². The fourth-order valence-electron chi connectivity index (χ4n) is 1.63. The van der Waals surface area contributed by atoms with Crippen molar-refractivity contribution in [2.75, 3.05) is 11.9 Å². The number of halogens is 2. The number of rotatable bonds is 5. The summed E-state index contributed by atoms with van der Waals surface area (Å²) in [6.45, 7) is 0.838. The van der Waals surface area contributed by atoms with E-state index in [-0.39, 0.29) is 6.54 Å². The molecule has 0 amide bonds. The predicted octanol–water partition coefficient (Wildman–Crippen LogP) is 1.87. The third-order valence-corrected chi connectivity index (χ3v) is 2.59. The molecule has 0 aliphatic rings. The van der Waals surface area contributed by atoms with Gasteiger partial charge in [-0.2, -0.15) is 0 Å². The highest BCUT2D eigenvalue weighted by Crippen LogP contribution is 2.09. The fraction of sp³-hybridized carbons (Fsp3) is 0.231. The molecule has 0 saturated heterocycles. The lowest BCUT2D eigenvalue weighted by Gasteiger charge is -2.06. The number of hydrogen-bond donors (Lipinski definition) is 2. The van der Waals surface area contributed by atoms with Gasteiger partial charge in [0.15, 0.2) is 11.6 Å². The van der Waals surface area contributed by atoms with E-state index in [4.69, 9.17) is 5.73 Å². The van der Waals surface area contributed by atoms with Crippen LogP contribution in [-0.2, 0) is 13.0 Å². The molecular formula is C13H14F2N4. The van der Waals surface area contributed by atoms with Crippen molar-refractivity contribution in [3.63, 3.8) is 0 Å². The van der Waals surface area contributed by atoms with E-state index in [0.29, 0.717) is 24.6 Å². The van der Waals surface area contributed by atoms with Crippen molar-refractivity contribution in [2.45, 2.75) is 13.0 Å². The molecule has 0 unspecified atom stereocenters. The van der Waals surface area contributed by atoms with Gasteiger partial charge in [-0.25, -0.2) is 18.7 Å². The van der Waals surface area contributed by atoms with Crippen molar-refractivity contribution < 1.29 is 8.78 Å². The molecule has 0 bridgehead atoms. The van der Waals surface area contributed by atoms with Gasteiger partial charge in [0.2, 0.25) is 0 Å². The normalized spacial score (nSPS) is 10.5. The van der Waals surface area contributed by atoms with E-state index in [2.05, 4.69) is 15.3 Å². The number of aromatic nitrogens is 2. The zero-order chi connectivity index (χ0) is 13.7. The molecule has 0 aliphatic heterocycles. The van der Waals surface area contributed by atoms with Crippen molar-refractivity contribution in [1.29, 1.82) is 0 Å². The van der Waals surface area contributed by atoms with Gasteiger partial charge >= 0.3 is 0 Å². The van der Waals surface area contributed by atoms with E-state index in [0.717, 1.165) is 11.6 Å². The van der Waals surface area contributed by atoms with Gasteiger partial charge in [0.05, 0.1) is 6.54 Å². The second kappa shape index (κ2) is 6.19. The molecule has 0 aliphatic carbocycles. The largest absolute Gasteiger partial charge is 0.370 e. The van der Waals surface area contributed by atoms with Crippen LogP contribution >= 0.6 is 0 Å². The smallest absolute Gasteiger partial charge is 0.159 e. The van der Waals surface area contributed by atoms with Gasteiger partial charge < -0.3 is 11.1 Å². The second-order valence-electron chi connectivity index (χ2n) is 3.99. The number of nitrogens with two attached hydrogens (primary N) is 1. The summed E-state index contributed by atoms with van der Waals surface area (Å²) >= 11 is 0. The molecule has 6 heteroatoms. The summed E-state index contributed by atoms with van der Waals surface area (Å²) in [6, 6.07) is 5.61. The van der Waals surface area contributed by atoms with Crippen LogP contribution in [0.1, 0.15) is 11.4 Å². The first-order chi connectivity index (χ1) is 9.19. The van der Waals surface area contributed by atoms with Gasteiger partial charge in [-0.05, 0) is 30.2 Å². The first-order valence-corrected chi connectivity index (χ1v) is 5.89. The zero-order valence-electron chi connectivity index (χ0n) is 10.2. The van der Waals surface area contributed by atoms with E-state index < -0.39 is 11.6 Å². The topological polar surface area (TPSA) is 63.8 Å². The molecule has 19 heavy (non-hydrogen) atoms. The summed E-state index contributed by atoms with van der Waals surface area (Å²) in [5, 5.41) is 3.08. The van der Waals surface area contributed by atoms with Gasteiger partial charge in [-0.1, -0.05) is 6.07 Å². The van der Waals surface area contributed by atoms with Crippen LogP contribution in [0.4, 0.5) is 14.6 Å². The zero-order valence-corrected chi connectivity index (χ0v) is 10.2. The summed E-state index contributed by atoms with van der Waals surface area (Å²) < 4.78 is 25.7. The minimum absolute atomic E-state index is 0.276. The summed E-state index contributed by atoms with van der Waals surface area (Å²) in [7, 11) is 0. The van der Waals surface area contributed by atoms with Gasteiger partial charge in [0.25, 0.3) is 0 Å². The number of nitrogens with zero attached hydrogens (tertiary/aromatic N) is 2. The molecular weight excluding hydrogens is 250 g/mol. The Kier molecular flexibility index (Phi) is 4.35. The van der Waals surface area contributed by atoms with Crippen molar-refractivity contribution in [2.24, 2.45) is 5.73 Å². The lowest BCUT2D eigenvalue weighted by Crippen LogP contribution is -2.09. The van der Waals surface area contributed by atoms with Gasteiger partial charge in [-0.15, -0.1) is 0 Å². The van der Waals surface area contributed by atoms with Crippen molar-refractivity contribution in [1.82, 2.24) is 9.97 Å². The number of anilines is 1. The highest BCUT2D eigenvalue weighted by atomic mass is 19.2. The number of benzene rings is 1.